The number of urea groups is 1. The summed E-state index contributed by atoms with van der Waals surface area (Å²) in [6.07, 6.45) is 0. The lowest BCUT2D eigenvalue weighted by atomic mass is 10.7. The fourth-order valence-electron chi connectivity index (χ4n) is 0.255. The van der Waals surface area contributed by atoms with Gasteiger partial charge in [-0.2, -0.15) is 14.7 Å². The Morgan fingerprint density at radius 1 is 2.00 bits per heavy atom. The lowest BCUT2D eigenvalue weighted by molar-refractivity contribution is -0.469. The summed E-state index contributed by atoms with van der Waals surface area (Å²) in [5.74, 6) is 0. The summed E-state index contributed by atoms with van der Waals surface area (Å²) in [5, 5.41) is 2.48. The van der Waals surface area contributed by atoms with Crippen molar-refractivity contribution in [2.45, 2.75) is 0 Å². The molecule has 0 aromatic heterocycles. The highest BCUT2D eigenvalue weighted by Gasteiger charge is 2.24. The summed E-state index contributed by atoms with van der Waals surface area (Å²) >= 11 is 0. The van der Waals surface area contributed by atoms with Crippen molar-refractivity contribution in [1.82, 2.24) is 5.32 Å². The number of carbonyl (C=O) groups is 1. The normalized spacial score (nSPS) is 19.3. The molecule has 6 heavy (non-hydrogen) atoms. The molecule has 1 fully saturated rings. The number of rotatable bonds is 0. The maximum atomic E-state index is 9.98. The minimum Gasteiger partial charge on any atom is -0.200 e. The summed E-state index contributed by atoms with van der Waals surface area (Å²) in [5.41, 5.74) is 0. The molecule has 0 unspecified atom stereocenters. The fourth-order valence-corrected chi connectivity index (χ4v) is 0.255. The van der Waals surface area contributed by atoms with Crippen molar-refractivity contribution in [1.29, 1.82) is 0 Å². The standard InChI is InChI=1S/C3H4N2O/c1-5-2-4-3(5)6/h1-2H2/p+1. The van der Waals surface area contributed by atoms with Crippen molar-refractivity contribution >= 4 is 12.7 Å². The molecule has 2 amide bonds. The first-order valence-corrected chi connectivity index (χ1v) is 1.66. The van der Waals surface area contributed by atoms with E-state index in [1.54, 1.807) is 0 Å². The Hall–Kier alpha value is -0.860. The number of nitrogens with zero attached hydrogens (tertiary/aromatic N) is 1. The molecule has 0 saturated carbocycles. The van der Waals surface area contributed by atoms with Crippen LogP contribution in [0.3, 0.4) is 0 Å². The Morgan fingerprint density at radius 3 is 2.50 bits per heavy atom. The molecule has 0 aromatic rings. The van der Waals surface area contributed by atoms with E-state index in [0.717, 1.165) is 0 Å². The third kappa shape index (κ3) is 0.217. The monoisotopic (exact) mass is 85.0 g/mol. The minimum atomic E-state index is -0.0880. The van der Waals surface area contributed by atoms with Crippen LogP contribution in [0.4, 0.5) is 4.79 Å². The lowest BCUT2D eigenvalue weighted by Crippen LogP contribution is -2.49. The third-order valence-electron chi connectivity index (χ3n) is 0.708. The molecule has 0 atom stereocenters. The van der Waals surface area contributed by atoms with E-state index < -0.39 is 0 Å². The summed E-state index contributed by atoms with van der Waals surface area (Å²) in [6.45, 7) is 3.94. The maximum absolute atomic E-state index is 9.98. The van der Waals surface area contributed by atoms with Crippen LogP contribution in [0.2, 0.25) is 0 Å². The van der Waals surface area contributed by atoms with Gasteiger partial charge in [-0.15, -0.1) is 0 Å². The SMILES string of the molecule is C=[N+]1CNC1=O. The van der Waals surface area contributed by atoms with Crippen molar-refractivity contribution in [3.8, 4) is 0 Å². The van der Waals surface area contributed by atoms with Gasteiger partial charge >= 0.3 is 6.03 Å². The van der Waals surface area contributed by atoms with Gasteiger partial charge in [0.05, 0.1) is 6.72 Å². The molecular weight excluding hydrogens is 80.0 g/mol. The number of hydrogen-bond acceptors (Lipinski definition) is 1. The van der Waals surface area contributed by atoms with Gasteiger partial charge in [0.1, 0.15) is 0 Å². The van der Waals surface area contributed by atoms with Gasteiger partial charge in [-0.05, 0) is 0 Å². The van der Waals surface area contributed by atoms with E-state index in [-0.39, 0.29) is 6.03 Å². The van der Waals surface area contributed by atoms with Crippen LogP contribution >= 0.6 is 0 Å². The van der Waals surface area contributed by atoms with Crippen LogP contribution in [0.1, 0.15) is 0 Å². The van der Waals surface area contributed by atoms with Crippen LogP contribution in [0, 0.1) is 0 Å². The van der Waals surface area contributed by atoms with E-state index in [1.807, 2.05) is 0 Å². The van der Waals surface area contributed by atoms with Crippen LogP contribution in [0.15, 0.2) is 0 Å². The molecule has 1 aliphatic heterocycles. The molecule has 1 N–H and O–H groups in total. The average Bonchev–Trinajstić information content (AvgIpc) is 1.61. The Labute approximate surface area is 35.3 Å². The zero-order valence-electron chi connectivity index (χ0n) is 3.27. The van der Waals surface area contributed by atoms with E-state index >= 15 is 0 Å². The van der Waals surface area contributed by atoms with Gasteiger partial charge in [0, 0.05) is 0 Å². The van der Waals surface area contributed by atoms with Crippen LogP contribution in [-0.2, 0) is 0 Å². The molecule has 0 spiro atoms. The quantitative estimate of drug-likeness (QED) is 0.390. The van der Waals surface area contributed by atoms with Crippen molar-refractivity contribution < 1.29 is 9.37 Å². The van der Waals surface area contributed by atoms with Crippen LogP contribution in [0.5, 0.6) is 0 Å². The van der Waals surface area contributed by atoms with Crippen molar-refractivity contribution in [3.63, 3.8) is 0 Å². The van der Waals surface area contributed by atoms with E-state index in [2.05, 4.69) is 12.0 Å². The highest BCUT2D eigenvalue weighted by atomic mass is 16.2. The van der Waals surface area contributed by atoms with E-state index in [4.69, 9.17) is 0 Å². The number of amides is 2. The first-order chi connectivity index (χ1) is 2.80. The van der Waals surface area contributed by atoms with Gasteiger partial charge in [-0.1, -0.05) is 0 Å². The zero-order valence-corrected chi connectivity index (χ0v) is 3.27. The lowest BCUT2D eigenvalue weighted by Gasteiger charge is -2.06. The van der Waals surface area contributed by atoms with Crippen LogP contribution in [-0.4, -0.2) is 24.0 Å². The Morgan fingerprint density at radius 2 is 2.50 bits per heavy atom. The van der Waals surface area contributed by atoms with Gasteiger partial charge in [-0.25, -0.2) is 0 Å². The average molecular weight is 85.1 g/mol. The molecule has 0 aliphatic carbocycles. The smallest absolute Gasteiger partial charge is 0.200 e. The van der Waals surface area contributed by atoms with Gasteiger partial charge in [0.15, 0.2) is 0 Å². The molecular formula is C3H5N2O+. The summed E-state index contributed by atoms with van der Waals surface area (Å²) in [6, 6.07) is -0.0880. The van der Waals surface area contributed by atoms with E-state index in [0.29, 0.717) is 6.67 Å². The molecule has 3 heteroatoms. The molecule has 3 nitrogen and oxygen atoms in total. The van der Waals surface area contributed by atoms with Gasteiger partial charge in [-0.3, -0.25) is 0 Å². The first-order valence-electron chi connectivity index (χ1n) is 1.66. The molecule has 1 aliphatic rings. The number of hydrogen-bond donors (Lipinski definition) is 1. The van der Waals surface area contributed by atoms with E-state index in [9.17, 15) is 4.79 Å². The summed E-state index contributed by atoms with van der Waals surface area (Å²) in [4.78, 5) is 9.98. The van der Waals surface area contributed by atoms with E-state index in [1.165, 1.54) is 4.58 Å². The number of nitrogens with one attached hydrogen (secondary N) is 1. The predicted octanol–water partition coefficient (Wildman–Crippen LogP) is -0.620. The van der Waals surface area contributed by atoms with Gasteiger partial charge in [0.25, 0.3) is 0 Å². The minimum absolute atomic E-state index is 0.0880. The fraction of sp³-hybridized carbons (Fsp3) is 0.333. The maximum Gasteiger partial charge on any atom is 0.496 e. The second-order valence-corrected chi connectivity index (χ2v) is 1.18. The molecule has 0 aromatic carbocycles. The molecule has 0 radical (unpaired) electrons. The molecule has 1 saturated heterocycles. The highest BCUT2D eigenvalue weighted by Crippen LogP contribution is 1.81. The summed E-state index contributed by atoms with van der Waals surface area (Å²) in [7, 11) is 0. The Balaban J connectivity index is 2.61. The van der Waals surface area contributed by atoms with Gasteiger partial charge < -0.3 is 0 Å². The Bertz CT molecular complexity index is 93.4. The van der Waals surface area contributed by atoms with Gasteiger partial charge in [0.2, 0.25) is 6.67 Å². The second-order valence-electron chi connectivity index (χ2n) is 1.18. The Kier molecular flexibility index (Phi) is 0.445. The summed E-state index contributed by atoms with van der Waals surface area (Å²) < 4.78 is 1.35. The molecule has 32 valence electrons. The number of carbonyl (C=O) groups excluding carboxylic acids is 1. The topological polar surface area (TPSA) is 32.1 Å². The largest absolute Gasteiger partial charge is 0.496 e. The van der Waals surface area contributed by atoms with Crippen molar-refractivity contribution in [2.24, 2.45) is 0 Å². The van der Waals surface area contributed by atoms with Crippen LogP contribution < -0.4 is 5.32 Å². The third-order valence-corrected chi connectivity index (χ3v) is 0.708. The zero-order chi connectivity index (χ0) is 4.57. The first kappa shape index (κ1) is 3.33. The second kappa shape index (κ2) is 0.801. The van der Waals surface area contributed by atoms with Crippen LogP contribution in [0.25, 0.3) is 0 Å². The van der Waals surface area contributed by atoms with Crippen molar-refractivity contribution in [2.75, 3.05) is 6.67 Å². The molecule has 1 heterocycles. The molecule has 1 rings (SSSR count). The predicted molar refractivity (Wildman–Crippen MR) is 20.8 cm³/mol. The molecule has 0 bridgehead atoms. The van der Waals surface area contributed by atoms with Crippen molar-refractivity contribution in [3.05, 3.63) is 0 Å². The highest BCUT2D eigenvalue weighted by molar-refractivity contribution is 5.70.